The highest BCUT2D eigenvalue weighted by Gasteiger charge is 2.12. The van der Waals surface area contributed by atoms with Crippen molar-refractivity contribution in [2.45, 2.75) is 39.7 Å². The van der Waals surface area contributed by atoms with Crippen LogP contribution in [0.2, 0.25) is 0 Å². The number of benzene rings is 1. The molecule has 20 heavy (non-hydrogen) atoms. The molecule has 0 radical (unpaired) electrons. The molecule has 0 amide bonds. The number of hydrogen-bond donors (Lipinski definition) is 1. The molecule has 0 bridgehead atoms. The summed E-state index contributed by atoms with van der Waals surface area (Å²) in [5.41, 5.74) is 9.21. The third kappa shape index (κ3) is 3.19. The van der Waals surface area contributed by atoms with Crippen molar-refractivity contribution in [3.8, 4) is 17.0 Å². The highest BCUT2D eigenvalue weighted by molar-refractivity contribution is 7.10. The van der Waals surface area contributed by atoms with Gasteiger partial charge in [-0.05, 0) is 43.5 Å². The average Bonchev–Trinajstić information content (AvgIpc) is 2.89. The van der Waals surface area contributed by atoms with Crippen LogP contribution in [0.25, 0.3) is 11.3 Å². The minimum absolute atomic E-state index is 0.0129. The second-order valence-corrected chi connectivity index (χ2v) is 6.09. The summed E-state index contributed by atoms with van der Waals surface area (Å²) in [6, 6.07) is 6.27. The molecule has 108 valence electrons. The van der Waals surface area contributed by atoms with Crippen LogP contribution in [0.3, 0.4) is 0 Å². The Bertz CT molecular complexity index is 576. The Morgan fingerprint density at radius 1 is 1.30 bits per heavy atom. The van der Waals surface area contributed by atoms with Crippen molar-refractivity contribution in [3.63, 3.8) is 0 Å². The van der Waals surface area contributed by atoms with Crippen molar-refractivity contribution in [3.05, 3.63) is 34.2 Å². The van der Waals surface area contributed by atoms with Crippen LogP contribution in [0.5, 0.6) is 5.75 Å². The topological polar surface area (TPSA) is 48.1 Å². The zero-order valence-electron chi connectivity index (χ0n) is 12.5. The highest BCUT2D eigenvalue weighted by atomic mass is 32.1. The lowest BCUT2D eigenvalue weighted by Crippen LogP contribution is -2.04. The van der Waals surface area contributed by atoms with Gasteiger partial charge in [-0.1, -0.05) is 13.8 Å². The standard InChI is InChI=1S/C16H22N2OS/c1-5-19-15-7-6-12(8-13(15)10(2)3)14-9-20-16(18-14)11(4)17/h6-11H,5,17H2,1-4H3. The second kappa shape index (κ2) is 6.37. The van der Waals surface area contributed by atoms with E-state index < -0.39 is 0 Å². The molecule has 0 aliphatic heterocycles. The summed E-state index contributed by atoms with van der Waals surface area (Å²) in [5.74, 6) is 1.39. The summed E-state index contributed by atoms with van der Waals surface area (Å²) in [6.45, 7) is 9.00. The largest absolute Gasteiger partial charge is 0.494 e. The lowest BCUT2D eigenvalue weighted by atomic mass is 9.98. The van der Waals surface area contributed by atoms with Crippen LogP contribution in [-0.4, -0.2) is 11.6 Å². The lowest BCUT2D eigenvalue weighted by Gasteiger charge is -2.14. The Labute approximate surface area is 124 Å². The van der Waals surface area contributed by atoms with E-state index in [1.807, 2.05) is 19.9 Å². The molecule has 2 aromatic rings. The molecule has 0 spiro atoms. The van der Waals surface area contributed by atoms with Crippen LogP contribution >= 0.6 is 11.3 Å². The molecule has 1 aromatic carbocycles. The summed E-state index contributed by atoms with van der Waals surface area (Å²) in [4.78, 5) is 4.61. The van der Waals surface area contributed by atoms with Crippen molar-refractivity contribution in [1.29, 1.82) is 0 Å². The normalized spacial score (nSPS) is 12.7. The van der Waals surface area contributed by atoms with E-state index in [1.165, 1.54) is 5.56 Å². The zero-order valence-corrected chi connectivity index (χ0v) is 13.3. The van der Waals surface area contributed by atoms with Crippen LogP contribution in [0, 0.1) is 0 Å². The predicted octanol–water partition coefficient (Wildman–Crippen LogP) is 4.35. The van der Waals surface area contributed by atoms with Gasteiger partial charge in [-0.15, -0.1) is 11.3 Å². The van der Waals surface area contributed by atoms with Gasteiger partial charge in [-0.3, -0.25) is 0 Å². The summed E-state index contributed by atoms with van der Waals surface area (Å²) in [7, 11) is 0. The molecule has 4 heteroatoms. The van der Waals surface area contributed by atoms with Gasteiger partial charge in [0.05, 0.1) is 18.3 Å². The molecular weight excluding hydrogens is 268 g/mol. The van der Waals surface area contributed by atoms with Crippen LogP contribution < -0.4 is 10.5 Å². The van der Waals surface area contributed by atoms with Gasteiger partial charge >= 0.3 is 0 Å². The van der Waals surface area contributed by atoms with Crippen molar-refractivity contribution in [2.24, 2.45) is 5.73 Å². The number of nitrogens with zero attached hydrogens (tertiary/aromatic N) is 1. The number of nitrogens with two attached hydrogens (primary N) is 1. The molecule has 1 unspecified atom stereocenters. The second-order valence-electron chi connectivity index (χ2n) is 5.20. The fraction of sp³-hybridized carbons (Fsp3) is 0.438. The Morgan fingerprint density at radius 2 is 2.05 bits per heavy atom. The molecule has 0 saturated carbocycles. The van der Waals surface area contributed by atoms with Crippen molar-refractivity contribution in [1.82, 2.24) is 4.98 Å². The van der Waals surface area contributed by atoms with Gasteiger partial charge in [0.15, 0.2) is 0 Å². The molecule has 0 aliphatic rings. The predicted molar refractivity (Wildman–Crippen MR) is 85.4 cm³/mol. The Kier molecular flexibility index (Phi) is 4.78. The Morgan fingerprint density at radius 3 is 2.60 bits per heavy atom. The van der Waals surface area contributed by atoms with Crippen LogP contribution in [0.4, 0.5) is 0 Å². The van der Waals surface area contributed by atoms with Gasteiger partial charge in [0.25, 0.3) is 0 Å². The highest BCUT2D eigenvalue weighted by Crippen LogP contribution is 2.32. The first kappa shape index (κ1) is 15.0. The number of ether oxygens (including phenoxy) is 1. The number of thiazole rings is 1. The number of hydrogen-bond acceptors (Lipinski definition) is 4. The average molecular weight is 290 g/mol. The summed E-state index contributed by atoms with van der Waals surface area (Å²) in [5, 5.41) is 3.04. The maximum Gasteiger partial charge on any atom is 0.122 e. The fourth-order valence-corrected chi connectivity index (χ4v) is 2.86. The quantitative estimate of drug-likeness (QED) is 0.890. The third-order valence-corrected chi connectivity index (χ3v) is 4.18. The maximum absolute atomic E-state index is 5.87. The van der Waals surface area contributed by atoms with E-state index in [9.17, 15) is 0 Å². The Hall–Kier alpha value is -1.39. The molecular formula is C16H22N2OS. The number of rotatable bonds is 5. The van der Waals surface area contributed by atoms with Gasteiger partial charge in [-0.25, -0.2) is 4.98 Å². The number of aromatic nitrogens is 1. The van der Waals surface area contributed by atoms with E-state index in [0.717, 1.165) is 22.0 Å². The molecule has 1 aromatic heterocycles. The molecule has 1 heterocycles. The maximum atomic E-state index is 5.87. The smallest absolute Gasteiger partial charge is 0.122 e. The molecule has 2 N–H and O–H groups in total. The van der Waals surface area contributed by atoms with Crippen molar-refractivity contribution >= 4 is 11.3 Å². The zero-order chi connectivity index (χ0) is 14.7. The van der Waals surface area contributed by atoms with Gasteiger partial charge in [0.2, 0.25) is 0 Å². The molecule has 0 aliphatic carbocycles. The van der Waals surface area contributed by atoms with E-state index in [0.29, 0.717) is 12.5 Å². The first-order valence-corrected chi connectivity index (χ1v) is 7.89. The molecule has 3 nitrogen and oxygen atoms in total. The minimum Gasteiger partial charge on any atom is -0.494 e. The van der Waals surface area contributed by atoms with Gasteiger partial charge < -0.3 is 10.5 Å². The summed E-state index contributed by atoms with van der Waals surface area (Å²) in [6.07, 6.45) is 0. The van der Waals surface area contributed by atoms with Crippen LogP contribution in [-0.2, 0) is 0 Å². The third-order valence-electron chi connectivity index (χ3n) is 3.14. The fourth-order valence-electron chi connectivity index (χ4n) is 2.08. The summed E-state index contributed by atoms with van der Waals surface area (Å²) >= 11 is 1.61. The van der Waals surface area contributed by atoms with E-state index in [-0.39, 0.29) is 6.04 Å². The lowest BCUT2D eigenvalue weighted by molar-refractivity contribution is 0.335. The molecule has 0 saturated heterocycles. The van der Waals surface area contributed by atoms with Crippen LogP contribution in [0.15, 0.2) is 23.6 Å². The minimum atomic E-state index is -0.0129. The van der Waals surface area contributed by atoms with Gasteiger partial charge in [0.1, 0.15) is 10.8 Å². The molecule has 1 atom stereocenters. The van der Waals surface area contributed by atoms with Gasteiger partial charge in [0, 0.05) is 10.9 Å². The van der Waals surface area contributed by atoms with Crippen LogP contribution in [0.1, 0.15) is 50.2 Å². The molecule has 0 fully saturated rings. The van der Waals surface area contributed by atoms with Crippen molar-refractivity contribution < 1.29 is 4.74 Å². The first-order chi connectivity index (χ1) is 9.52. The van der Waals surface area contributed by atoms with E-state index in [1.54, 1.807) is 11.3 Å². The summed E-state index contributed by atoms with van der Waals surface area (Å²) < 4.78 is 5.69. The first-order valence-electron chi connectivity index (χ1n) is 7.01. The van der Waals surface area contributed by atoms with E-state index in [4.69, 9.17) is 10.5 Å². The molecule has 2 rings (SSSR count). The monoisotopic (exact) mass is 290 g/mol. The Balaban J connectivity index is 2.39. The van der Waals surface area contributed by atoms with E-state index in [2.05, 4.69) is 36.3 Å². The van der Waals surface area contributed by atoms with Gasteiger partial charge in [-0.2, -0.15) is 0 Å². The van der Waals surface area contributed by atoms with Crippen molar-refractivity contribution in [2.75, 3.05) is 6.61 Å². The van der Waals surface area contributed by atoms with E-state index >= 15 is 0 Å². The SMILES string of the molecule is CCOc1ccc(-c2csc(C(C)N)n2)cc1C(C)C.